The van der Waals surface area contributed by atoms with Crippen LogP contribution in [0, 0.1) is 12.8 Å². The zero-order valence-corrected chi connectivity index (χ0v) is 12.2. The van der Waals surface area contributed by atoms with Crippen LogP contribution in [0.15, 0.2) is 22.6 Å². The van der Waals surface area contributed by atoms with E-state index in [1.54, 1.807) is 7.11 Å². The Morgan fingerprint density at radius 2 is 2.00 bits per heavy atom. The number of hydrogen-bond acceptors (Lipinski definition) is 3. The van der Waals surface area contributed by atoms with E-state index in [0.717, 1.165) is 40.9 Å². The monoisotopic (exact) mass is 274 g/mol. The second-order valence-electron chi connectivity index (χ2n) is 5.78. The number of aliphatic hydroxyl groups excluding tert-OH is 1. The average molecular weight is 274 g/mol. The van der Waals surface area contributed by atoms with Crippen LogP contribution in [-0.4, -0.2) is 12.2 Å². The first-order valence-electron chi connectivity index (χ1n) is 7.46. The lowest BCUT2D eigenvalue weighted by Crippen LogP contribution is -2.16. The van der Waals surface area contributed by atoms with E-state index in [2.05, 4.69) is 0 Å². The van der Waals surface area contributed by atoms with Crippen LogP contribution in [0.4, 0.5) is 0 Å². The van der Waals surface area contributed by atoms with Gasteiger partial charge in [0.05, 0.1) is 13.2 Å². The van der Waals surface area contributed by atoms with Gasteiger partial charge in [0.25, 0.3) is 0 Å². The first kappa shape index (κ1) is 13.5. The number of furan rings is 1. The highest BCUT2D eigenvalue weighted by molar-refractivity contribution is 5.84. The van der Waals surface area contributed by atoms with Crippen molar-refractivity contribution in [1.29, 1.82) is 0 Å². The molecule has 2 aromatic rings. The highest BCUT2D eigenvalue weighted by Crippen LogP contribution is 2.40. The molecule has 0 bridgehead atoms. The van der Waals surface area contributed by atoms with Gasteiger partial charge in [0.15, 0.2) is 0 Å². The second kappa shape index (κ2) is 5.49. The molecule has 1 aromatic carbocycles. The predicted molar refractivity (Wildman–Crippen MR) is 79.0 cm³/mol. The maximum Gasteiger partial charge on any atom is 0.138 e. The van der Waals surface area contributed by atoms with Crippen LogP contribution >= 0.6 is 0 Å². The summed E-state index contributed by atoms with van der Waals surface area (Å²) in [5, 5.41) is 11.8. The SMILES string of the molecule is COc1ccc2c(C(O)C3CCCCC3)c(C)oc2c1. The van der Waals surface area contributed by atoms with Crippen LogP contribution in [-0.2, 0) is 0 Å². The highest BCUT2D eigenvalue weighted by atomic mass is 16.5. The number of aryl methyl sites for hydroxylation is 1. The van der Waals surface area contributed by atoms with Crippen molar-refractivity contribution in [3.63, 3.8) is 0 Å². The van der Waals surface area contributed by atoms with E-state index in [1.165, 1.54) is 19.3 Å². The summed E-state index contributed by atoms with van der Waals surface area (Å²) >= 11 is 0. The van der Waals surface area contributed by atoms with E-state index in [9.17, 15) is 5.11 Å². The van der Waals surface area contributed by atoms with E-state index < -0.39 is 6.10 Å². The van der Waals surface area contributed by atoms with Crippen molar-refractivity contribution in [3.8, 4) is 5.75 Å². The fourth-order valence-corrected chi connectivity index (χ4v) is 3.40. The molecule has 0 amide bonds. The lowest BCUT2D eigenvalue weighted by atomic mass is 9.82. The van der Waals surface area contributed by atoms with Crippen molar-refractivity contribution in [2.75, 3.05) is 7.11 Å². The predicted octanol–water partition coefficient (Wildman–Crippen LogP) is 4.36. The Morgan fingerprint density at radius 1 is 1.25 bits per heavy atom. The summed E-state index contributed by atoms with van der Waals surface area (Å²) in [6.45, 7) is 1.94. The summed E-state index contributed by atoms with van der Waals surface area (Å²) in [7, 11) is 1.65. The maximum absolute atomic E-state index is 10.7. The summed E-state index contributed by atoms with van der Waals surface area (Å²) in [5.74, 6) is 1.97. The molecule has 0 radical (unpaired) electrons. The van der Waals surface area contributed by atoms with Gasteiger partial charge in [0.2, 0.25) is 0 Å². The molecular weight excluding hydrogens is 252 g/mol. The molecule has 1 saturated carbocycles. The van der Waals surface area contributed by atoms with Gasteiger partial charge in [-0.15, -0.1) is 0 Å². The summed E-state index contributed by atoms with van der Waals surface area (Å²) in [4.78, 5) is 0. The van der Waals surface area contributed by atoms with Crippen LogP contribution in [0.1, 0.15) is 49.5 Å². The van der Waals surface area contributed by atoms with E-state index in [4.69, 9.17) is 9.15 Å². The van der Waals surface area contributed by atoms with Gasteiger partial charge in [0, 0.05) is 17.0 Å². The van der Waals surface area contributed by atoms with Gasteiger partial charge in [0.1, 0.15) is 17.1 Å². The van der Waals surface area contributed by atoms with E-state index >= 15 is 0 Å². The standard InChI is InChI=1S/C17H22O3/c1-11-16(17(18)12-6-4-3-5-7-12)14-9-8-13(19-2)10-15(14)20-11/h8-10,12,17-18H,3-7H2,1-2H3. The van der Waals surface area contributed by atoms with E-state index in [-0.39, 0.29) is 0 Å². The normalized spacial score (nSPS) is 18.4. The Bertz CT molecular complexity index is 594. The van der Waals surface area contributed by atoms with Crippen LogP contribution in [0.3, 0.4) is 0 Å². The summed E-state index contributed by atoms with van der Waals surface area (Å²) in [6, 6.07) is 5.81. The minimum absolute atomic E-state index is 0.366. The fraction of sp³-hybridized carbons (Fsp3) is 0.529. The van der Waals surface area contributed by atoms with Crippen molar-refractivity contribution < 1.29 is 14.3 Å². The Kier molecular flexibility index (Phi) is 3.70. The fourth-order valence-electron chi connectivity index (χ4n) is 3.40. The number of ether oxygens (including phenoxy) is 1. The number of methoxy groups -OCH3 is 1. The molecule has 1 atom stereocenters. The summed E-state index contributed by atoms with van der Waals surface area (Å²) < 4.78 is 11.0. The van der Waals surface area contributed by atoms with Crippen LogP contribution in [0.5, 0.6) is 5.75 Å². The third-order valence-corrected chi connectivity index (χ3v) is 4.51. The first-order valence-corrected chi connectivity index (χ1v) is 7.46. The third-order valence-electron chi connectivity index (χ3n) is 4.51. The molecule has 0 spiro atoms. The second-order valence-corrected chi connectivity index (χ2v) is 5.78. The third kappa shape index (κ3) is 2.31. The number of aliphatic hydroxyl groups is 1. The topological polar surface area (TPSA) is 42.6 Å². The highest BCUT2D eigenvalue weighted by Gasteiger charge is 2.27. The molecule has 1 heterocycles. The van der Waals surface area contributed by atoms with Crippen molar-refractivity contribution in [1.82, 2.24) is 0 Å². The lowest BCUT2D eigenvalue weighted by Gasteiger charge is -2.26. The molecule has 1 aliphatic rings. The number of rotatable bonds is 3. The average Bonchev–Trinajstić information content (AvgIpc) is 2.82. The first-order chi connectivity index (χ1) is 9.70. The maximum atomic E-state index is 10.7. The van der Waals surface area contributed by atoms with Crippen LogP contribution in [0.2, 0.25) is 0 Å². The van der Waals surface area contributed by atoms with Crippen molar-refractivity contribution in [2.24, 2.45) is 5.92 Å². The summed E-state index contributed by atoms with van der Waals surface area (Å²) in [5.41, 5.74) is 1.77. The largest absolute Gasteiger partial charge is 0.497 e. The molecule has 1 N–H and O–H groups in total. The number of hydrogen-bond donors (Lipinski definition) is 1. The zero-order chi connectivity index (χ0) is 14.1. The van der Waals surface area contributed by atoms with Crippen LogP contribution in [0.25, 0.3) is 11.0 Å². The molecule has 3 heteroatoms. The molecule has 3 rings (SSSR count). The number of fused-ring (bicyclic) bond motifs is 1. The molecule has 108 valence electrons. The van der Waals surface area contributed by atoms with Crippen molar-refractivity contribution in [2.45, 2.75) is 45.1 Å². The molecule has 3 nitrogen and oxygen atoms in total. The van der Waals surface area contributed by atoms with Gasteiger partial charge in [-0.2, -0.15) is 0 Å². The quantitative estimate of drug-likeness (QED) is 0.904. The number of benzene rings is 1. The molecule has 1 fully saturated rings. The van der Waals surface area contributed by atoms with E-state index in [1.807, 2.05) is 25.1 Å². The smallest absolute Gasteiger partial charge is 0.138 e. The van der Waals surface area contributed by atoms with Gasteiger partial charge in [-0.3, -0.25) is 0 Å². The minimum atomic E-state index is -0.412. The van der Waals surface area contributed by atoms with Crippen molar-refractivity contribution in [3.05, 3.63) is 29.5 Å². The summed E-state index contributed by atoms with van der Waals surface area (Å²) in [6.07, 6.45) is 5.57. The Hall–Kier alpha value is -1.48. The molecule has 0 aliphatic heterocycles. The molecule has 1 unspecified atom stereocenters. The molecule has 1 aliphatic carbocycles. The Morgan fingerprint density at radius 3 is 2.70 bits per heavy atom. The molecular formula is C17H22O3. The van der Waals surface area contributed by atoms with Gasteiger partial charge >= 0.3 is 0 Å². The zero-order valence-electron chi connectivity index (χ0n) is 12.2. The van der Waals surface area contributed by atoms with Gasteiger partial charge in [-0.25, -0.2) is 0 Å². The van der Waals surface area contributed by atoms with Crippen LogP contribution < -0.4 is 4.74 Å². The Balaban J connectivity index is 1.99. The van der Waals surface area contributed by atoms with Crippen molar-refractivity contribution >= 4 is 11.0 Å². The lowest BCUT2D eigenvalue weighted by molar-refractivity contribution is 0.0846. The molecule has 1 aromatic heterocycles. The van der Waals surface area contributed by atoms with Gasteiger partial charge in [-0.05, 0) is 37.8 Å². The molecule has 20 heavy (non-hydrogen) atoms. The van der Waals surface area contributed by atoms with Gasteiger partial charge in [-0.1, -0.05) is 19.3 Å². The molecule has 0 saturated heterocycles. The minimum Gasteiger partial charge on any atom is -0.497 e. The van der Waals surface area contributed by atoms with Gasteiger partial charge < -0.3 is 14.3 Å². The van der Waals surface area contributed by atoms with E-state index in [0.29, 0.717) is 5.92 Å². The Labute approximate surface area is 119 Å².